The van der Waals surface area contributed by atoms with Crippen LogP contribution in [0, 0.1) is 5.92 Å². The molecule has 2 aromatic rings. The average molecular weight is 242 g/mol. The average Bonchev–Trinajstić information content (AvgIpc) is 2.72. The van der Waals surface area contributed by atoms with Crippen molar-refractivity contribution >= 4 is 0 Å². The molecule has 0 amide bonds. The van der Waals surface area contributed by atoms with Gasteiger partial charge in [0.2, 0.25) is 0 Å². The lowest BCUT2D eigenvalue weighted by Crippen LogP contribution is -2.26. The summed E-state index contributed by atoms with van der Waals surface area (Å²) in [6.45, 7) is 7.51. The van der Waals surface area contributed by atoms with E-state index in [0.717, 1.165) is 25.3 Å². The van der Waals surface area contributed by atoms with E-state index in [1.54, 1.807) is 0 Å². The fourth-order valence-electron chi connectivity index (χ4n) is 2.59. The summed E-state index contributed by atoms with van der Waals surface area (Å²) < 4.78 is 1.97. The molecule has 3 rings (SSSR count). The van der Waals surface area contributed by atoms with Crippen LogP contribution in [0.3, 0.4) is 0 Å². The lowest BCUT2D eigenvalue weighted by Gasteiger charge is -2.21. The first-order chi connectivity index (χ1) is 8.74. The highest BCUT2D eigenvalue weighted by atomic mass is 15.4. The van der Waals surface area contributed by atoms with Gasteiger partial charge < -0.3 is 0 Å². The van der Waals surface area contributed by atoms with E-state index in [4.69, 9.17) is 0 Å². The smallest absolute Gasteiger partial charge is 0.0786 e. The summed E-state index contributed by atoms with van der Waals surface area (Å²) in [6, 6.07) is 8.45. The fourth-order valence-corrected chi connectivity index (χ4v) is 2.59. The van der Waals surface area contributed by atoms with Crippen LogP contribution in [0.25, 0.3) is 5.69 Å². The molecule has 0 radical (unpaired) electrons. The summed E-state index contributed by atoms with van der Waals surface area (Å²) >= 11 is 0. The second kappa shape index (κ2) is 4.53. The van der Waals surface area contributed by atoms with Crippen LogP contribution in [0.5, 0.6) is 0 Å². The molecule has 1 aliphatic heterocycles. The molecule has 0 aliphatic carbocycles. The first kappa shape index (κ1) is 11.4. The molecule has 1 aliphatic rings. The highest BCUT2D eigenvalue weighted by Gasteiger charge is 2.20. The second-order valence-corrected chi connectivity index (χ2v) is 5.33. The van der Waals surface area contributed by atoms with Gasteiger partial charge in [0.25, 0.3) is 0 Å². The number of para-hydroxylation sites is 1. The van der Waals surface area contributed by atoms with E-state index >= 15 is 0 Å². The molecule has 0 bridgehead atoms. The van der Waals surface area contributed by atoms with E-state index in [1.165, 1.54) is 11.3 Å². The van der Waals surface area contributed by atoms with Gasteiger partial charge in [-0.25, -0.2) is 4.68 Å². The van der Waals surface area contributed by atoms with Crippen molar-refractivity contribution in [2.45, 2.75) is 26.9 Å². The first-order valence-electron chi connectivity index (χ1n) is 6.44. The summed E-state index contributed by atoms with van der Waals surface area (Å²) in [6.07, 6.45) is 1.87. The Balaban J connectivity index is 2.03. The van der Waals surface area contributed by atoms with Crippen LogP contribution >= 0.6 is 0 Å². The Morgan fingerprint density at radius 3 is 2.89 bits per heavy atom. The van der Waals surface area contributed by atoms with Gasteiger partial charge in [-0.3, -0.25) is 4.90 Å². The Morgan fingerprint density at radius 2 is 2.06 bits per heavy atom. The van der Waals surface area contributed by atoms with Crippen LogP contribution in [0.15, 0.2) is 30.5 Å². The van der Waals surface area contributed by atoms with Crippen LogP contribution in [0.4, 0.5) is 0 Å². The minimum atomic E-state index is 0.666. The zero-order valence-electron chi connectivity index (χ0n) is 10.9. The molecular weight excluding hydrogens is 224 g/mol. The van der Waals surface area contributed by atoms with Crippen molar-refractivity contribution in [1.82, 2.24) is 19.9 Å². The molecule has 4 nitrogen and oxygen atoms in total. The molecule has 4 heteroatoms. The molecule has 1 aromatic carbocycles. The van der Waals surface area contributed by atoms with E-state index in [9.17, 15) is 0 Å². The van der Waals surface area contributed by atoms with Crippen LogP contribution in [-0.2, 0) is 13.1 Å². The maximum Gasteiger partial charge on any atom is 0.0786 e. The van der Waals surface area contributed by atoms with Crippen molar-refractivity contribution in [2.24, 2.45) is 5.92 Å². The van der Waals surface area contributed by atoms with Crippen molar-refractivity contribution in [3.05, 3.63) is 41.7 Å². The van der Waals surface area contributed by atoms with Gasteiger partial charge in [-0.1, -0.05) is 37.3 Å². The first-order valence-corrected chi connectivity index (χ1v) is 6.44. The lowest BCUT2D eigenvalue weighted by atomic mass is 10.1. The van der Waals surface area contributed by atoms with E-state index in [1.807, 2.05) is 10.9 Å². The van der Waals surface area contributed by atoms with Crippen molar-refractivity contribution in [1.29, 1.82) is 0 Å². The number of aromatic nitrogens is 3. The number of hydrogen-bond acceptors (Lipinski definition) is 3. The van der Waals surface area contributed by atoms with Crippen molar-refractivity contribution < 1.29 is 0 Å². The number of fused-ring (bicyclic) bond motifs is 3. The molecular formula is C14H18N4. The Morgan fingerprint density at radius 1 is 1.22 bits per heavy atom. The molecule has 2 heterocycles. The van der Waals surface area contributed by atoms with Gasteiger partial charge in [-0.05, 0) is 17.5 Å². The van der Waals surface area contributed by atoms with Crippen molar-refractivity contribution in [3.8, 4) is 5.69 Å². The molecule has 0 unspecified atom stereocenters. The number of hydrogen-bond donors (Lipinski definition) is 0. The van der Waals surface area contributed by atoms with E-state index in [0.29, 0.717) is 5.92 Å². The van der Waals surface area contributed by atoms with E-state index in [2.05, 4.69) is 53.3 Å². The van der Waals surface area contributed by atoms with Gasteiger partial charge in [0, 0.05) is 19.6 Å². The Hall–Kier alpha value is -1.68. The maximum atomic E-state index is 4.21. The van der Waals surface area contributed by atoms with Crippen molar-refractivity contribution in [3.63, 3.8) is 0 Å². The SMILES string of the molecule is CC(C)CN1Cc2ccccc2-n2nncc2C1. The lowest BCUT2D eigenvalue weighted by molar-refractivity contribution is 0.228. The molecule has 0 N–H and O–H groups in total. The second-order valence-electron chi connectivity index (χ2n) is 5.33. The molecule has 1 aromatic heterocycles. The number of nitrogens with zero attached hydrogens (tertiary/aromatic N) is 4. The third-order valence-corrected chi connectivity index (χ3v) is 3.24. The zero-order chi connectivity index (χ0) is 12.5. The minimum absolute atomic E-state index is 0.666. The quantitative estimate of drug-likeness (QED) is 0.810. The largest absolute Gasteiger partial charge is 0.293 e. The maximum absolute atomic E-state index is 4.21. The molecule has 0 fully saturated rings. The third kappa shape index (κ3) is 2.04. The van der Waals surface area contributed by atoms with Crippen LogP contribution < -0.4 is 0 Å². The van der Waals surface area contributed by atoms with Gasteiger partial charge in [0.1, 0.15) is 0 Å². The summed E-state index contributed by atoms with van der Waals surface area (Å²) in [7, 11) is 0. The zero-order valence-corrected chi connectivity index (χ0v) is 10.9. The van der Waals surface area contributed by atoms with Gasteiger partial charge >= 0.3 is 0 Å². The molecule has 0 spiro atoms. The standard InChI is InChI=1S/C14H18N4/c1-11(2)8-17-9-12-5-3-4-6-14(12)18-13(10-17)7-15-16-18/h3-7,11H,8-10H2,1-2H3. The summed E-state index contributed by atoms with van der Waals surface area (Å²) in [4.78, 5) is 2.46. The predicted octanol–water partition coefficient (Wildman–Crippen LogP) is 2.24. The monoisotopic (exact) mass is 242 g/mol. The normalized spacial score (nSPS) is 15.3. The summed E-state index contributed by atoms with van der Waals surface area (Å²) in [5, 5.41) is 8.26. The minimum Gasteiger partial charge on any atom is -0.293 e. The third-order valence-electron chi connectivity index (χ3n) is 3.24. The molecule has 94 valence electrons. The number of benzene rings is 1. The van der Waals surface area contributed by atoms with Gasteiger partial charge in [0.05, 0.1) is 17.6 Å². The number of rotatable bonds is 2. The summed E-state index contributed by atoms with van der Waals surface area (Å²) in [5.41, 5.74) is 3.65. The highest BCUT2D eigenvalue weighted by molar-refractivity contribution is 5.42. The molecule has 18 heavy (non-hydrogen) atoms. The molecule has 0 saturated carbocycles. The predicted molar refractivity (Wildman–Crippen MR) is 70.3 cm³/mol. The van der Waals surface area contributed by atoms with Crippen LogP contribution in [-0.4, -0.2) is 26.4 Å². The van der Waals surface area contributed by atoms with Gasteiger partial charge in [-0.2, -0.15) is 0 Å². The summed E-state index contributed by atoms with van der Waals surface area (Å²) in [5.74, 6) is 0.666. The topological polar surface area (TPSA) is 34.0 Å². The Bertz CT molecular complexity index is 544. The van der Waals surface area contributed by atoms with Gasteiger partial charge in [0.15, 0.2) is 0 Å². The van der Waals surface area contributed by atoms with E-state index < -0.39 is 0 Å². The van der Waals surface area contributed by atoms with Crippen molar-refractivity contribution in [2.75, 3.05) is 6.54 Å². The van der Waals surface area contributed by atoms with E-state index in [-0.39, 0.29) is 0 Å². The van der Waals surface area contributed by atoms with Crippen LogP contribution in [0.1, 0.15) is 25.1 Å². The molecule has 0 saturated heterocycles. The van der Waals surface area contributed by atoms with Crippen LogP contribution in [0.2, 0.25) is 0 Å². The van der Waals surface area contributed by atoms with Gasteiger partial charge in [-0.15, -0.1) is 5.10 Å². The molecule has 0 atom stereocenters. The Kier molecular flexibility index (Phi) is 2.88. The highest BCUT2D eigenvalue weighted by Crippen LogP contribution is 2.23. The fraction of sp³-hybridized carbons (Fsp3) is 0.429. The Labute approximate surface area is 107 Å².